The first kappa shape index (κ1) is 30.8. The predicted molar refractivity (Wildman–Crippen MR) is 153 cm³/mol. The Morgan fingerprint density at radius 1 is 1.14 bits per heavy atom. The van der Waals surface area contributed by atoms with E-state index in [1.54, 1.807) is 12.1 Å². The molecule has 0 aromatic heterocycles. The number of aromatic hydroxyl groups is 1. The number of esters is 2. The van der Waals surface area contributed by atoms with E-state index < -0.39 is 53.2 Å². The van der Waals surface area contributed by atoms with Crippen LogP contribution in [0.1, 0.15) is 65.0 Å². The van der Waals surface area contributed by atoms with Crippen LogP contribution in [0.3, 0.4) is 0 Å². The lowest BCUT2D eigenvalue weighted by Crippen LogP contribution is -2.74. The first-order valence-electron chi connectivity index (χ1n) is 14.8. The van der Waals surface area contributed by atoms with Gasteiger partial charge in [0.15, 0.2) is 23.7 Å². The van der Waals surface area contributed by atoms with Gasteiger partial charge < -0.3 is 40.0 Å². The van der Waals surface area contributed by atoms with Crippen molar-refractivity contribution in [1.29, 1.82) is 0 Å². The van der Waals surface area contributed by atoms with Crippen LogP contribution in [0.25, 0.3) is 0 Å². The average molecular weight is 600 g/mol. The number of phenols is 1. The minimum absolute atomic E-state index is 0.0413. The van der Waals surface area contributed by atoms with E-state index in [2.05, 4.69) is 15.5 Å². The highest BCUT2D eigenvalue weighted by atomic mass is 16.6. The number of hydrogen-bond acceptors (Lipinski definition) is 10. The number of aliphatic hydroxyl groups is 1. The van der Waals surface area contributed by atoms with E-state index in [-0.39, 0.29) is 35.8 Å². The van der Waals surface area contributed by atoms with Gasteiger partial charge >= 0.3 is 11.9 Å². The van der Waals surface area contributed by atoms with Crippen LogP contribution in [0, 0.1) is 5.92 Å². The molecule has 1 spiro atoms. The zero-order valence-electron chi connectivity index (χ0n) is 25.4. The molecule has 7 atom stereocenters. The molecule has 1 saturated heterocycles. The summed E-state index contributed by atoms with van der Waals surface area (Å²) in [4.78, 5) is 52.4. The fourth-order valence-electron chi connectivity index (χ4n) is 7.28. The lowest BCUT2D eigenvalue weighted by atomic mass is 9.50. The Balaban J connectivity index is 1.28. The SMILES string of the molecule is CC(=O)N[C@@H](CC(C)C)C(=O)N[C@@H](C)C(=O)OC(C)C(=O)OC1=CC[C@@]2(O)[C@H]3Cc4ccc(O)c5c4[C@@]2(CCN3C)[C@H]1O5. The van der Waals surface area contributed by atoms with Crippen molar-refractivity contribution in [3.8, 4) is 11.5 Å². The molecule has 4 aliphatic rings. The molecule has 234 valence electrons. The van der Waals surface area contributed by atoms with Crippen molar-refractivity contribution in [2.75, 3.05) is 13.6 Å². The number of carbonyl (C=O) groups excluding carboxylic acids is 4. The molecule has 2 amide bonds. The first-order chi connectivity index (χ1) is 20.2. The van der Waals surface area contributed by atoms with Crippen LogP contribution < -0.4 is 15.4 Å². The van der Waals surface area contributed by atoms with Crippen LogP contribution >= 0.6 is 0 Å². The summed E-state index contributed by atoms with van der Waals surface area (Å²) in [6.07, 6.45) is 1.18. The monoisotopic (exact) mass is 599 g/mol. The summed E-state index contributed by atoms with van der Waals surface area (Å²) in [6, 6.07) is 1.34. The molecule has 2 heterocycles. The molecular formula is C31H41N3O9. The molecule has 43 heavy (non-hydrogen) atoms. The summed E-state index contributed by atoms with van der Waals surface area (Å²) < 4.78 is 17.4. The van der Waals surface area contributed by atoms with Crippen LogP contribution in [-0.4, -0.2) is 88.4 Å². The van der Waals surface area contributed by atoms with E-state index in [1.807, 2.05) is 27.0 Å². The maximum absolute atomic E-state index is 13.2. The molecule has 12 heteroatoms. The summed E-state index contributed by atoms with van der Waals surface area (Å²) in [5.74, 6) is -2.03. The van der Waals surface area contributed by atoms with Crippen molar-refractivity contribution in [3.05, 3.63) is 35.1 Å². The summed E-state index contributed by atoms with van der Waals surface area (Å²) in [5, 5.41) is 28.0. The van der Waals surface area contributed by atoms with E-state index in [1.165, 1.54) is 20.8 Å². The number of ether oxygens (including phenoxy) is 3. The molecule has 4 N–H and O–H groups in total. The lowest BCUT2D eigenvalue weighted by molar-refractivity contribution is -0.176. The predicted octanol–water partition coefficient (Wildman–Crippen LogP) is 1.20. The molecular weight excluding hydrogens is 558 g/mol. The number of phenolic OH excluding ortho intramolecular Hbond substituents is 1. The summed E-state index contributed by atoms with van der Waals surface area (Å²) in [6.45, 7) is 8.60. The van der Waals surface area contributed by atoms with Crippen molar-refractivity contribution in [3.63, 3.8) is 0 Å². The van der Waals surface area contributed by atoms with Crippen LogP contribution in [0.4, 0.5) is 0 Å². The maximum Gasteiger partial charge on any atom is 0.352 e. The van der Waals surface area contributed by atoms with Crippen LogP contribution in [0.5, 0.6) is 11.5 Å². The van der Waals surface area contributed by atoms with Gasteiger partial charge in [-0.1, -0.05) is 19.9 Å². The summed E-state index contributed by atoms with van der Waals surface area (Å²) in [7, 11) is 1.98. The zero-order valence-corrected chi connectivity index (χ0v) is 25.4. The molecule has 5 rings (SSSR count). The Labute approximate surface area is 250 Å². The normalized spacial score (nSPS) is 28.9. The van der Waals surface area contributed by atoms with Crippen LogP contribution in [0.15, 0.2) is 24.0 Å². The second kappa shape index (κ2) is 11.1. The smallest absolute Gasteiger partial charge is 0.352 e. The summed E-state index contributed by atoms with van der Waals surface area (Å²) >= 11 is 0. The molecule has 1 fully saturated rings. The molecule has 0 saturated carbocycles. The van der Waals surface area contributed by atoms with E-state index in [4.69, 9.17) is 14.2 Å². The topological polar surface area (TPSA) is 164 Å². The average Bonchev–Trinajstić information content (AvgIpc) is 3.28. The third-order valence-electron chi connectivity index (χ3n) is 9.31. The number of rotatable bonds is 9. The molecule has 1 aromatic carbocycles. The molecule has 0 radical (unpaired) electrons. The molecule has 2 aliphatic carbocycles. The fourth-order valence-corrected chi connectivity index (χ4v) is 7.28. The Morgan fingerprint density at radius 2 is 1.86 bits per heavy atom. The second-order valence-electron chi connectivity index (χ2n) is 12.7. The number of amides is 2. The number of nitrogens with one attached hydrogen (secondary N) is 2. The van der Waals surface area contributed by atoms with Gasteiger partial charge in [-0.3, -0.25) is 9.59 Å². The highest BCUT2D eigenvalue weighted by Gasteiger charge is 2.72. The standard InChI is InChI=1S/C31H41N3O9/c1-15(2)13-20(33-18(5)35)27(37)32-16(3)28(38)41-17(4)29(39)42-22-9-10-31(40)23-14-19-7-8-21(36)25-24(19)30(31,26(22)43-25)11-12-34(23)6/h7-9,15-17,20,23,26,36,40H,10-14H2,1-6H3,(H,32,37)(H,33,35)/t16-,17?,20-,23+,26-,30-,31+/m0/s1. The molecule has 2 aliphatic heterocycles. The van der Waals surface area contributed by atoms with Gasteiger partial charge in [0.2, 0.25) is 11.8 Å². The Hall–Kier alpha value is -3.64. The van der Waals surface area contributed by atoms with Crippen molar-refractivity contribution >= 4 is 23.8 Å². The number of nitrogens with zero attached hydrogens (tertiary/aromatic N) is 1. The molecule has 2 bridgehead atoms. The van der Waals surface area contributed by atoms with E-state index >= 15 is 0 Å². The number of likely N-dealkylation sites (tertiary alicyclic amines) is 1. The number of likely N-dealkylation sites (N-methyl/N-ethyl adjacent to an activating group) is 1. The number of carbonyl (C=O) groups is 4. The second-order valence-corrected chi connectivity index (χ2v) is 12.7. The van der Waals surface area contributed by atoms with Gasteiger partial charge in [-0.15, -0.1) is 0 Å². The van der Waals surface area contributed by atoms with Crippen molar-refractivity contribution in [2.24, 2.45) is 5.92 Å². The van der Waals surface area contributed by atoms with E-state index in [9.17, 15) is 29.4 Å². The van der Waals surface area contributed by atoms with Gasteiger partial charge in [-0.2, -0.15) is 0 Å². The van der Waals surface area contributed by atoms with Crippen LogP contribution in [0.2, 0.25) is 0 Å². The molecule has 1 aromatic rings. The quantitative estimate of drug-likeness (QED) is 0.303. The van der Waals surface area contributed by atoms with Gasteiger partial charge in [0.1, 0.15) is 17.8 Å². The fraction of sp³-hybridized carbons (Fsp3) is 0.613. The third-order valence-corrected chi connectivity index (χ3v) is 9.31. The van der Waals surface area contributed by atoms with Gasteiger partial charge in [-0.05, 0) is 70.3 Å². The van der Waals surface area contributed by atoms with Gasteiger partial charge in [0.25, 0.3) is 0 Å². The number of hydrogen-bond donors (Lipinski definition) is 4. The molecule has 12 nitrogen and oxygen atoms in total. The Bertz CT molecular complexity index is 1380. The third kappa shape index (κ3) is 5.04. The minimum atomic E-state index is -1.32. The largest absolute Gasteiger partial charge is 0.504 e. The Kier molecular flexibility index (Phi) is 7.97. The summed E-state index contributed by atoms with van der Waals surface area (Å²) in [5.41, 5.74) is -0.375. The van der Waals surface area contributed by atoms with Crippen molar-refractivity contribution in [2.45, 2.75) is 102 Å². The minimum Gasteiger partial charge on any atom is -0.504 e. The van der Waals surface area contributed by atoms with Crippen LogP contribution in [-0.2, 0) is 40.5 Å². The highest BCUT2D eigenvalue weighted by molar-refractivity contribution is 5.90. The Morgan fingerprint density at radius 3 is 2.53 bits per heavy atom. The zero-order chi connectivity index (χ0) is 31.4. The van der Waals surface area contributed by atoms with E-state index in [0.717, 1.165) is 11.1 Å². The number of piperidine rings is 1. The van der Waals surface area contributed by atoms with Gasteiger partial charge in [0, 0.05) is 24.9 Å². The maximum atomic E-state index is 13.2. The van der Waals surface area contributed by atoms with E-state index in [0.29, 0.717) is 31.6 Å². The highest BCUT2D eigenvalue weighted by Crippen LogP contribution is 2.65. The molecule has 1 unspecified atom stereocenters. The lowest BCUT2D eigenvalue weighted by Gasteiger charge is -2.61. The van der Waals surface area contributed by atoms with Gasteiger partial charge in [-0.25, -0.2) is 9.59 Å². The number of benzene rings is 1. The van der Waals surface area contributed by atoms with Crippen molar-refractivity contribution < 1.29 is 43.6 Å². The first-order valence-corrected chi connectivity index (χ1v) is 14.8. The van der Waals surface area contributed by atoms with Crippen molar-refractivity contribution in [1.82, 2.24) is 15.5 Å². The van der Waals surface area contributed by atoms with Gasteiger partial charge in [0.05, 0.1) is 11.0 Å².